The molecule has 0 aliphatic carbocycles. The summed E-state index contributed by atoms with van der Waals surface area (Å²) in [7, 11) is 0. The quantitative estimate of drug-likeness (QED) is 0.154. The van der Waals surface area contributed by atoms with E-state index in [1.165, 1.54) is 0 Å². The molecule has 0 amide bonds. The molecule has 0 saturated heterocycles. The third-order valence-corrected chi connectivity index (χ3v) is 6.57. The van der Waals surface area contributed by atoms with E-state index in [0.29, 0.717) is 6.92 Å². The van der Waals surface area contributed by atoms with Gasteiger partial charge in [-0.15, -0.1) is 0 Å². The maximum absolute atomic E-state index is 15.0. The van der Waals surface area contributed by atoms with Crippen LogP contribution in [0.15, 0.2) is 12.1 Å². The summed E-state index contributed by atoms with van der Waals surface area (Å²) in [6.07, 6.45) is -15.9. The minimum atomic E-state index is -8.67. The number of halogens is 26. The first-order valence-corrected chi connectivity index (χ1v) is 12.0. The van der Waals surface area contributed by atoms with Crippen LogP contribution >= 0.6 is 12.2 Å². The summed E-state index contributed by atoms with van der Waals surface area (Å²) in [5.74, 6) is -83.3. The highest BCUT2D eigenvalue weighted by Gasteiger charge is 2.92. The third kappa shape index (κ3) is 6.14. The molecule has 0 fully saturated rings. The normalized spacial score (nSPS) is 15.8. The largest absolute Gasteiger partial charge is 0.483 e. The lowest BCUT2D eigenvalue weighted by Gasteiger charge is -2.41. The number of ether oxygens (including phenoxy) is 1. The van der Waals surface area contributed by atoms with Gasteiger partial charge in [-0.05, 0) is 42.4 Å². The predicted octanol–water partition coefficient (Wildman–Crippen LogP) is 11.2. The molecule has 0 heterocycles. The van der Waals surface area contributed by atoms with E-state index < -0.39 is 125 Å². The van der Waals surface area contributed by atoms with Gasteiger partial charge in [0.15, 0.2) is 5.05 Å². The first-order valence-electron chi connectivity index (χ1n) is 11.6. The Labute approximate surface area is 263 Å². The van der Waals surface area contributed by atoms with Crippen LogP contribution in [-0.4, -0.2) is 64.8 Å². The number of benzene rings is 1. The molecule has 1 nitrogen and oxygen atoms in total. The zero-order valence-corrected chi connectivity index (χ0v) is 23.8. The van der Waals surface area contributed by atoms with Gasteiger partial charge in [-0.1, -0.05) is 0 Å². The predicted molar refractivity (Wildman–Crippen MR) is 114 cm³/mol. The van der Waals surface area contributed by atoms with Crippen molar-refractivity contribution in [1.29, 1.82) is 0 Å². The summed E-state index contributed by atoms with van der Waals surface area (Å²) in [4.78, 5) is 0. The van der Waals surface area contributed by atoms with Gasteiger partial charge in [0, 0.05) is 18.1 Å². The number of hydrogen-bond donors (Lipinski definition) is 0. The van der Waals surface area contributed by atoms with Crippen LogP contribution in [0.4, 0.5) is 114 Å². The van der Waals surface area contributed by atoms with Gasteiger partial charge in [-0.3, -0.25) is 0 Å². The Morgan fingerprint density at radius 3 is 0.920 bits per heavy atom. The fraction of sp³-hybridized carbons (Fsp3) is 0.682. The zero-order valence-electron chi connectivity index (χ0n) is 23.0. The average molecular weight is 816 g/mol. The van der Waals surface area contributed by atoms with Gasteiger partial charge < -0.3 is 4.74 Å². The molecule has 0 aromatic heterocycles. The molecule has 28 heteroatoms. The molecule has 50 heavy (non-hydrogen) atoms. The van der Waals surface area contributed by atoms with E-state index in [2.05, 4.69) is 17.0 Å². The Hall–Kier alpha value is -2.71. The summed E-state index contributed by atoms with van der Waals surface area (Å²) in [5.41, 5.74) is -12.1. The highest BCUT2D eigenvalue weighted by molar-refractivity contribution is 7.80. The highest BCUT2D eigenvalue weighted by atomic mass is 32.1. The Bertz CT molecular complexity index is 1340. The molecule has 292 valence electrons. The van der Waals surface area contributed by atoms with Crippen molar-refractivity contribution in [1.82, 2.24) is 0 Å². The maximum atomic E-state index is 15.0. The number of alkyl halides is 26. The Morgan fingerprint density at radius 2 is 0.700 bits per heavy atom. The number of thiocarbonyl (C=S) groups is 1. The SMILES string of the molecule is CC(=S)OCc1cc(C(F)(F)C(F)(F)C(F)(F)C(F)(F)C(F)(F)C(F)(F)F)c(C)c(C(F)(F)C(F)(F)C(F)(F)C(F)(F)C(F)(F)C(F)(F)F)c1. The van der Waals surface area contributed by atoms with Gasteiger partial charge in [-0.25, -0.2) is 0 Å². The molecular weight excluding hydrogens is 806 g/mol. The second-order valence-corrected chi connectivity index (χ2v) is 10.4. The molecule has 0 N–H and O–H groups in total. The van der Waals surface area contributed by atoms with E-state index in [1.807, 2.05) is 0 Å². The van der Waals surface area contributed by atoms with Gasteiger partial charge in [0.25, 0.3) is 0 Å². The second kappa shape index (κ2) is 12.2. The van der Waals surface area contributed by atoms with E-state index in [4.69, 9.17) is 0 Å². The first-order chi connectivity index (χ1) is 21.4. The van der Waals surface area contributed by atoms with Gasteiger partial charge in [0.05, 0.1) is 0 Å². The minimum absolute atomic E-state index is 0.657. The standard InChI is InChI=1S/C22H10F26OS/c1-6-9(11(23,24)13(27,28)15(31,32)17(35,36)19(39,40)21(43,44)45)3-8(5-49-7(2)50)4-10(6)12(25,26)14(29,30)16(33,34)18(37,38)20(41,42)22(46,47)48/h3-4H,5H2,1-2H3. The number of rotatable bonds is 12. The highest BCUT2D eigenvalue weighted by Crippen LogP contribution is 2.65. The van der Waals surface area contributed by atoms with Crippen LogP contribution in [0.2, 0.25) is 0 Å². The summed E-state index contributed by atoms with van der Waals surface area (Å²) in [6.45, 7) is -1.96. The van der Waals surface area contributed by atoms with E-state index >= 15 is 0 Å². The molecule has 1 aromatic rings. The molecule has 1 rings (SSSR count). The van der Waals surface area contributed by atoms with Crippen molar-refractivity contribution in [2.75, 3.05) is 0 Å². The molecule has 0 aliphatic heterocycles. The monoisotopic (exact) mass is 816 g/mol. The Kier molecular flexibility index (Phi) is 11.0. The number of hydrogen-bond acceptors (Lipinski definition) is 2. The maximum Gasteiger partial charge on any atom is 0.460 e. The van der Waals surface area contributed by atoms with E-state index in [0.717, 1.165) is 0 Å². The van der Waals surface area contributed by atoms with E-state index in [9.17, 15) is 114 Å². The van der Waals surface area contributed by atoms with Crippen LogP contribution in [-0.2, 0) is 23.2 Å². The molecular formula is C22H10F26OS. The Balaban J connectivity index is 4.31. The van der Waals surface area contributed by atoms with Crippen molar-refractivity contribution >= 4 is 17.3 Å². The van der Waals surface area contributed by atoms with Gasteiger partial charge >= 0.3 is 71.6 Å². The fourth-order valence-corrected chi connectivity index (χ4v) is 3.63. The third-order valence-electron chi connectivity index (χ3n) is 6.45. The van der Waals surface area contributed by atoms with Crippen LogP contribution in [0.5, 0.6) is 0 Å². The second-order valence-electron chi connectivity index (χ2n) is 9.84. The lowest BCUT2D eigenvalue weighted by molar-refractivity contribution is -0.442. The molecule has 0 spiro atoms. The molecule has 0 atom stereocenters. The average Bonchev–Trinajstić information content (AvgIpc) is 2.89. The molecule has 0 bridgehead atoms. The molecule has 0 aliphatic rings. The summed E-state index contributed by atoms with van der Waals surface area (Å²) < 4.78 is 360. The summed E-state index contributed by atoms with van der Waals surface area (Å²) >= 11 is 4.21. The fourth-order valence-electron chi connectivity index (χ4n) is 3.57. The minimum Gasteiger partial charge on any atom is -0.483 e. The van der Waals surface area contributed by atoms with E-state index in [-0.39, 0.29) is 0 Å². The molecule has 0 radical (unpaired) electrons. The topological polar surface area (TPSA) is 9.23 Å². The van der Waals surface area contributed by atoms with Crippen molar-refractivity contribution in [2.24, 2.45) is 0 Å². The summed E-state index contributed by atoms with van der Waals surface area (Å²) in [6, 6.07) is -1.89. The van der Waals surface area contributed by atoms with Gasteiger partial charge in [-0.2, -0.15) is 114 Å². The van der Waals surface area contributed by atoms with Gasteiger partial charge in [0.1, 0.15) is 6.61 Å². The van der Waals surface area contributed by atoms with Crippen LogP contribution in [0, 0.1) is 6.92 Å². The Morgan fingerprint density at radius 1 is 0.460 bits per heavy atom. The lowest BCUT2D eigenvalue weighted by Crippen LogP contribution is -2.69. The van der Waals surface area contributed by atoms with Crippen LogP contribution in [0.1, 0.15) is 29.2 Å². The van der Waals surface area contributed by atoms with Crippen molar-refractivity contribution in [3.8, 4) is 0 Å². The molecule has 1 aromatic carbocycles. The van der Waals surface area contributed by atoms with Crippen molar-refractivity contribution in [2.45, 2.75) is 92.0 Å². The zero-order chi connectivity index (χ0) is 40.7. The summed E-state index contributed by atoms with van der Waals surface area (Å²) in [5, 5.41) is -0.899. The molecule has 0 saturated carbocycles. The smallest absolute Gasteiger partial charge is 0.460 e. The van der Waals surface area contributed by atoms with Crippen LogP contribution in [0.25, 0.3) is 0 Å². The van der Waals surface area contributed by atoms with Crippen LogP contribution in [0.3, 0.4) is 0 Å². The van der Waals surface area contributed by atoms with Crippen molar-refractivity contribution in [3.63, 3.8) is 0 Å². The first kappa shape index (κ1) is 45.3. The molecule has 0 unspecified atom stereocenters. The van der Waals surface area contributed by atoms with Crippen molar-refractivity contribution < 1.29 is 119 Å². The lowest BCUT2D eigenvalue weighted by atomic mass is 9.83. The van der Waals surface area contributed by atoms with E-state index in [1.54, 1.807) is 0 Å². The van der Waals surface area contributed by atoms with Gasteiger partial charge in [0.2, 0.25) is 0 Å². The van der Waals surface area contributed by atoms with Crippen LogP contribution < -0.4 is 0 Å². The van der Waals surface area contributed by atoms with Crippen molar-refractivity contribution in [3.05, 3.63) is 34.4 Å².